The lowest BCUT2D eigenvalue weighted by Crippen LogP contribution is -2.29. The molecule has 0 radical (unpaired) electrons. The Morgan fingerprint density at radius 1 is 1.53 bits per heavy atom. The maximum atomic E-state index is 11.6. The van der Waals surface area contributed by atoms with Gasteiger partial charge in [0.2, 0.25) is 0 Å². The van der Waals surface area contributed by atoms with Gasteiger partial charge in [0.1, 0.15) is 11.9 Å². The van der Waals surface area contributed by atoms with E-state index < -0.39 is 12.0 Å². The minimum absolute atomic E-state index is 0.0510. The number of nitrogens with one attached hydrogen (secondary N) is 1. The molecule has 0 bridgehead atoms. The van der Waals surface area contributed by atoms with Crippen LogP contribution in [0, 0.1) is 12.3 Å². The second kappa shape index (κ2) is 6.40. The molecule has 0 saturated carbocycles. The normalized spacial score (nSPS) is 11.2. The average Bonchev–Trinajstić information content (AvgIpc) is 2.38. The van der Waals surface area contributed by atoms with Crippen LogP contribution in [0.4, 0.5) is 5.82 Å². The number of amides is 1. The molecular weight excluding hydrogens is 246 g/mol. The van der Waals surface area contributed by atoms with Gasteiger partial charge in [0.05, 0.1) is 5.56 Å². The van der Waals surface area contributed by atoms with Gasteiger partial charge in [-0.3, -0.25) is 4.79 Å². The van der Waals surface area contributed by atoms with E-state index in [1.54, 1.807) is 26.2 Å². The molecule has 100 valence electrons. The molecule has 19 heavy (non-hydrogen) atoms. The van der Waals surface area contributed by atoms with Crippen molar-refractivity contribution in [1.29, 1.82) is 0 Å². The van der Waals surface area contributed by atoms with Crippen LogP contribution in [0.5, 0.6) is 0 Å². The van der Waals surface area contributed by atoms with Crippen LogP contribution < -0.4 is 5.32 Å². The molecule has 0 aliphatic carbocycles. The minimum atomic E-state index is -1.05. The van der Waals surface area contributed by atoms with Crippen LogP contribution in [0.2, 0.25) is 0 Å². The number of rotatable bonds is 5. The van der Waals surface area contributed by atoms with Crippen LogP contribution in [0.1, 0.15) is 16.8 Å². The van der Waals surface area contributed by atoms with Gasteiger partial charge in [-0.25, -0.2) is 9.78 Å². The Morgan fingerprint density at radius 2 is 2.21 bits per heavy atom. The fraction of sp³-hybridized carbons (Fsp3) is 0.308. The van der Waals surface area contributed by atoms with Gasteiger partial charge >= 0.3 is 5.97 Å². The first-order valence-electron chi connectivity index (χ1n) is 5.56. The molecule has 1 amide bonds. The summed E-state index contributed by atoms with van der Waals surface area (Å²) in [6, 6.07) is 2.23. The SMILES string of the molecule is C#CCC(Nc1ccc(C(=O)N(C)C)cn1)C(=O)O. The van der Waals surface area contributed by atoms with E-state index in [2.05, 4.69) is 16.2 Å². The van der Waals surface area contributed by atoms with Gasteiger partial charge in [-0.2, -0.15) is 0 Å². The molecule has 6 nitrogen and oxygen atoms in total. The number of pyridine rings is 1. The summed E-state index contributed by atoms with van der Waals surface area (Å²) in [5.74, 6) is 1.42. The molecule has 1 rings (SSSR count). The third kappa shape index (κ3) is 4.00. The van der Waals surface area contributed by atoms with Crippen molar-refractivity contribution in [2.45, 2.75) is 12.5 Å². The Hall–Kier alpha value is -2.55. The number of carboxylic acids is 1. The quantitative estimate of drug-likeness (QED) is 0.761. The van der Waals surface area contributed by atoms with Crippen molar-refractivity contribution < 1.29 is 14.7 Å². The Morgan fingerprint density at radius 3 is 2.63 bits per heavy atom. The molecule has 6 heteroatoms. The van der Waals surface area contributed by atoms with Crippen LogP contribution in [0.3, 0.4) is 0 Å². The number of aromatic nitrogens is 1. The van der Waals surface area contributed by atoms with Crippen LogP contribution in [-0.4, -0.2) is 47.0 Å². The molecule has 0 saturated heterocycles. The van der Waals surface area contributed by atoms with Crippen molar-refractivity contribution in [2.75, 3.05) is 19.4 Å². The van der Waals surface area contributed by atoms with Crippen molar-refractivity contribution in [2.24, 2.45) is 0 Å². The summed E-state index contributed by atoms with van der Waals surface area (Å²) >= 11 is 0. The smallest absolute Gasteiger partial charge is 0.327 e. The second-order valence-corrected chi connectivity index (χ2v) is 4.08. The lowest BCUT2D eigenvalue weighted by Gasteiger charge is -2.13. The van der Waals surface area contributed by atoms with E-state index in [9.17, 15) is 9.59 Å². The van der Waals surface area contributed by atoms with E-state index in [1.165, 1.54) is 11.1 Å². The van der Waals surface area contributed by atoms with E-state index in [1.807, 2.05) is 0 Å². The molecule has 1 atom stereocenters. The molecule has 0 aliphatic heterocycles. The maximum Gasteiger partial charge on any atom is 0.327 e. The first-order valence-corrected chi connectivity index (χ1v) is 5.56. The predicted octanol–water partition coefficient (Wildman–Crippen LogP) is 0.672. The molecule has 0 spiro atoms. The van der Waals surface area contributed by atoms with Gasteiger partial charge in [0, 0.05) is 26.7 Å². The Labute approximate surface area is 111 Å². The zero-order valence-corrected chi connectivity index (χ0v) is 10.8. The largest absolute Gasteiger partial charge is 0.480 e. The summed E-state index contributed by atoms with van der Waals surface area (Å²) in [6.07, 6.45) is 6.53. The number of hydrogen-bond donors (Lipinski definition) is 2. The van der Waals surface area contributed by atoms with Crippen LogP contribution in [-0.2, 0) is 4.79 Å². The predicted molar refractivity (Wildman–Crippen MR) is 70.8 cm³/mol. The van der Waals surface area contributed by atoms with Gasteiger partial charge in [-0.15, -0.1) is 12.3 Å². The number of nitrogens with zero attached hydrogens (tertiary/aromatic N) is 2. The molecule has 1 aromatic rings. The van der Waals surface area contributed by atoms with Crippen molar-refractivity contribution in [1.82, 2.24) is 9.88 Å². The number of terminal acetylenes is 1. The topological polar surface area (TPSA) is 82.5 Å². The Kier molecular flexibility index (Phi) is 4.89. The van der Waals surface area contributed by atoms with Crippen LogP contribution in [0.25, 0.3) is 0 Å². The molecular formula is C13H15N3O3. The summed E-state index contributed by atoms with van der Waals surface area (Å²) in [7, 11) is 3.28. The first kappa shape index (κ1) is 14.5. The molecule has 1 unspecified atom stereocenters. The number of hydrogen-bond acceptors (Lipinski definition) is 4. The Bertz CT molecular complexity index is 503. The van der Waals surface area contributed by atoms with E-state index in [0.29, 0.717) is 11.4 Å². The fourth-order valence-electron chi connectivity index (χ4n) is 1.36. The summed E-state index contributed by atoms with van der Waals surface area (Å²) < 4.78 is 0. The first-order chi connectivity index (χ1) is 8.95. The average molecular weight is 261 g/mol. The zero-order chi connectivity index (χ0) is 14.4. The minimum Gasteiger partial charge on any atom is -0.480 e. The number of aliphatic carboxylic acids is 1. The zero-order valence-electron chi connectivity index (χ0n) is 10.8. The number of carboxylic acid groups (broad SMARTS) is 1. The van der Waals surface area contributed by atoms with Gasteiger partial charge in [-0.05, 0) is 12.1 Å². The van der Waals surface area contributed by atoms with Crippen LogP contribution in [0.15, 0.2) is 18.3 Å². The van der Waals surface area contributed by atoms with Gasteiger partial charge < -0.3 is 15.3 Å². The molecule has 0 aliphatic rings. The third-order valence-electron chi connectivity index (χ3n) is 2.36. The van der Waals surface area contributed by atoms with Gasteiger partial charge in [0.15, 0.2) is 0 Å². The highest BCUT2D eigenvalue weighted by Gasteiger charge is 2.16. The van der Waals surface area contributed by atoms with Gasteiger partial charge in [-0.1, -0.05) is 0 Å². The molecule has 1 aromatic heterocycles. The van der Waals surface area contributed by atoms with Crippen LogP contribution >= 0.6 is 0 Å². The number of anilines is 1. The maximum absolute atomic E-state index is 11.6. The fourth-order valence-corrected chi connectivity index (χ4v) is 1.36. The summed E-state index contributed by atoms with van der Waals surface area (Å²) in [5.41, 5.74) is 0.430. The molecule has 1 heterocycles. The molecule has 2 N–H and O–H groups in total. The van der Waals surface area contributed by atoms with E-state index >= 15 is 0 Å². The van der Waals surface area contributed by atoms with Gasteiger partial charge in [0.25, 0.3) is 5.91 Å². The number of carbonyl (C=O) groups is 2. The molecule has 0 fully saturated rings. The highest BCUT2D eigenvalue weighted by atomic mass is 16.4. The summed E-state index contributed by atoms with van der Waals surface area (Å²) in [4.78, 5) is 28.0. The Balaban J connectivity index is 2.79. The lowest BCUT2D eigenvalue weighted by molar-refractivity contribution is -0.137. The summed E-state index contributed by atoms with van der Waals surface area (Å²) in [6.45, 7) is 0. The van der Waals surface area contributed by atoms with E-state index in [0.717, 1.165) is 0 Å². The van der Waals surface area contributed by atoms with Crippen molar-refractivity contribution in [3.8, 4) is 12.3 Å². The highest BCUT2D eigenvalue weighted by Crippen LogP contribution is 2.09. The molecule has 0 aromatic carbocycles. The van der Waals surface area contributed by atoms with E-state index in [-0.39, 0.29) is 12.3 Å². The summed E-state index contributed by atoms with van der Waals surface area (Å²) in [5, 5.41) is 11.6. The van der Waals surface area contributed by atoms with Crippen molar-refractivity contribution in [3.63, 3.8) is 0 Å². The third-order valence-corrected chi connectivity index (χ3v) is 2.36. The van der Waals surface area contributed by atoms with E-state index in [4.69, 9.17) is 11.5 Å². The highest BCUT2D eigenvalue weighted by molar-refractivity contribution is 5.93. The standard InChI is InChI=1S/C13H15N3O3/c1-4-5-10(13(18)19)15-11-7-6-9(8-14-11)12(17)16(2)3/h1,6-8,10H,5H2,2-3H3,(H,14,15)(H,18,19). The second-order valence-electron chi connectivity index (χ2n) is 4.08. The lowest BCUT2D eigenvalue weighted by atomic mass is 10.2. The van der Waals surface area contributed by atoms with Crippen molar-refractivity contribution >= 4 is 17.7 Å². The number of carbonyl (C=O) groups excluding carboxylic acids is 1. The monoisotopic (exact) mass is 261 g/mol. The van der Waals surface area contributed by atoms with Crippen molar-refractivity contribution in [3.05, 3.63) is 23.9 Å².